The van der Waals surface area contributed by atoms with Gasteiger partial charge in [-0.2, -0.15) is 16.8 Å². The van der Waals surface area contributed by atoms with Gasteiger partial charge in [-0.05, 0) is 83.6 Å². The maximum Gasteiger partial charge on any atom is 0.314 e. The van der Waals surface area contributed by atoms with E-state index in [-0.39, 0.29) is 55.4 Å². The number of hydrogen-bond donors (Lipinski definition) is 8. The van der Waals surface area contributed by atoms with Crippen LogP contribution >= 0.6 is 0 Å². The van der Waals surface area contributed by atoms with E-state index in [1.54, 1.807) is 0 Å². The molecule has 0 radical (unpaired) electrons. The summed E-state index contributed by atoms with van der Waals surface area (Å²) in [6.07, 6.45) is 0. The van der Waals surface area contributed by atoms with Gasteiger partial charge in [0.2, 0.25) is 0 Å². The van der Waals surface area contributed by atoms with Crippen LogP contribution in [0.3, 0.4) is 0 Å². The second kappa shape index (κ2) is 14.3. The van der Waals surface area contributed by atoms with Gasteiger partial charge in [0, 0.05) is 56.8 Å². The lowest BCUT2D eigenvalue weighted by molar-refractivity contribution is -0.132. The highest BCUT2D eigenvalue weighted by atomic mass is 32.2. The Balaban J connectivity index is 1.08. The third-order valence-corrected chi connectivity index (χ3v) is 9.56. The van der Waals surface area contributed by atoms with Gasteiger partial charge in [0.15, 0.2) is 0 Å². The van der Waals surface area contributed by atoms with E-state index in [1.807, 2.05) is 0 Å². The molecular weight excluding hydrogens is 745 g/mol. The molecule has 0 spiro atoms. The zero-order valence-electron chi connectivity index (χ0n) is 27.3. The van der Waals surface area contributed by atoms with Crippen LogP contribution < -0.4 is 21.3 Å². The van der Waals surface area contributed by atoms with E-state index >= 15 is 0 Å². The monoisotopic (exact) mass is 770 g/mol. The third kappa shape index (κ3) is 8.27. The predicted octanol–water partition coefficient (Wildman–Crippen LogP) is 4.98. The molecular formula is C36H26N4O12S2. The van der Waals surface area contributed by atoms with E-state index in [4.69, 9.17) is 0 Å². The molecule has 0 unspecified atom stereocenters. The first-order chi connectivity index (χ1) is 25.4. The molecule has 0 saturated carbocycles. The molecule has 18 heteroatoms. The molecule has 6 aromatic carbocycles. The fraction of sp³-hybridized carbons (Fsp3) is 0. The number of aromatic hydroxyl groups is 2. The number of carbonyl (C=O) groups excluding carboxylic acids is 4. The second-order valence-corrected chi connectivity index (χ2v) is 14.5. The van der Waals surface area contributed by atoms with Crippen molar-refractivity contribution in [3.63, 3.8) is 0 Å². The molecule has 4 amide bonds. The Hall–Kier alpha value is -6.86. The minimum atomic E-state index is -4.56. The standard InChI is InChI=1S/C36H26N4O12S2/c41-31-17-27(53(47,48)49)13-19-7-9-25(15-29(19)31)37-33(43)21-3-1-5-23(11-21)39-35(45)36(46)40-24-6-2-4-22(12-24)34(44)38-26-10-8-20-14-28(54(50,51)52)18-32(42)30(20)16-26/h1-18,41-42H,(H,37,43)(H,38,44)(H,39,45)(H,40,46)(H,47,48,49)(H,50,51,52). The van der Waals surface area contributed by atoms with Crippen LogP contribution in [-0.4, -0.2) is 59.8 Å². The van der Waals surface area contributed by atoms with E-state index in [9.17, 15) is 55.3 Å². The van der Waals surface area contributed by atoms with Gasteiger partial charge in [0.05, 0.1) is 9.79 Å². The van der Waals surface area contributed by atoms with E-state index in [0.29, 0.717) is 0 Å². The number of amides is 4. The molecule has 0 bridgehead atoms. The minimum Gasteiger partial charge on any atom is -0.507 e. The van der Waals surface area contributed by atoms with Gasteiger partial charge < -0.3 is 31.5 Å². The van der Waals surface area contributed by atoms with Crippen molar-refractivity contribution in [2.75, 3.05) is 21.3 Å². The SMILES string of the molecule is O=C(Nc1cccc(C(=O)Nc2ccc3cc(S(=O)(=O)O)cc(O)c3c2)c1)C(=O)Nc1cccc(C(=O)Nc2ccc3cc(S(=O)(=O)O)cc(O)c3c2)c1. The topological polar surface area (TPSA) is 266 Å². The Morgan fingerprint density at radius 2 is 0.815 bits per heavy atom. The van der Waals surface area contributed by atoms with Gasteiger partial charge >= 0.3 is 11.8 Å². The lowest BCUT2D eigenvalue weighted by atomic mass is 10.1. The Kier molecular flexibility index (Phi) is 9.76. The predicted molar refractivity (Wildman–Crippen MR) is 197 cm³/mol. The summed E-state index contributed by atoms with van der Waals surface area (Å²) in [5, 5.41) is 31.6. The largest absolute Gasteiger partial charge is 0.507 e. The number of hydrogen-bond acceptors (Lipinski definition) is 10. The number of rotatable bonds is 8. The van der Waals surface area contributed by atoms with Crippen LogP contribution in [0.2, 0.25) is 0 Å². The summed E-state index contributed by atoms with van der Waals surface area (Å²) in [4.78, 5) is 50.5. The van der Waals surface area contributed by atoms with Crippen molar-refractivity contribution in [1.29, 1.82) is 0 Å². The fourth-order valence-electron chi connectivity index (χ4n) is 5.33. The quantitative estimate of drug-likeness (QED) is 0.0753. The summed E-state index contributed by atoms with van der Waals surface area (Å²) >= 11 is 0. The number of phenols is 2. The number of anilines is 4. The van der Waals surface area contributed by atoms with Crippen molar-refractivity contribution in [1.82, 2.24) is 0 Å². The van der Waals surface area contributed by atoms with Crippen LogP contribution in [0.15, 0.2) is 119 Å². The highest BCUT2D eigenvalue weighted by Gasteiger charge is 2.19. The summed E-state index contributed by atoms with van der Waals surface area (Å²) in [5.41, 5.74) is 0.840. The van der Waals surface area contributed by atoms with E-state index in [2.05, 4.69) is 21.3 Å². The molecule has 0 saturated heterocycles. The van der Waals surface area contributed by atoms with E-state index in [0.717, 1.165) is 24.3 Å². The Morgan fingerprint density at radius 3 is 1.19 bits per heavy atom. The average Bonchev–Trinajstić information content (AvgIpc) is 3.11. The van der Waals surface area contributed by atoms with Crippen LogP contribution in [0.1, 0.15) is 20.7 Å². The summed E-state index contributed by atoms with van der Waals surface area (Å²) in [5.74, 6) is -4.31. The van der Waals surface area contributed by atoms with Gasteiger partial charge in [0.1, 0.15) is 11.5 Å². The summed E-state index contributed by atoms with van der Waals surface area (Å²) < 4.78 is 64.4. The molecule has 6 aromatic rings. The summed E-state index contributed by atoms with van der Waals surface area (Å²) in [6, 6.07) is 23.9. The highest BCUT2D eigenvalue weighted by molar-refractivity contribution is 7.86. The lowest BCUT2D eigenvalue weighted by Gasteiger charge is -2.11. The van der Waals surface area contributed by atoms with Crippen LogP contribution in [0.4, 0.5) is 22.7 Å². The van der Waals surface area contributed by atoms with Crippen LogP contribution in [0.5, 0.6) is 11.5 Å². The fourth-order valence-corrected chi connectivity index (χ4v) is 6.41. The minimum absolute atomic E-state index is 0.0856. The Labute approximate surface area is 305 Å². The van der Waals surface area contributed by atoms with Crippen molar-refractivity contribution in [2.45, 2.75) is 9.79 Å². The second-order valence-electron chi connectivity index (χ2n) is 11.7. The zero-order valence-corrected chi connectivity index (χ0v) is 28.9. The molecule has 54 heavy (non-hydrogen) atoms. The molecule has 0 aliphatic heterocycles. The van der Waals surface area contributed by atoms with Crippen molar-refractivity contribution in [3.8, 4) is 11.5 Å². The van der Waals surface area contributed by atoms with Gasteiger partial charge in [0.25, 0.3) is 32.1 Å². The zero-order chi connectivity index (χ0) is 38.9. The van der Waals surface area contributed by atoms with Gasteiger partial charge in [-0.25, -0.2) is 0 Å². The molecule has 0 aliphatic carbocycles. The highest BCUT2D eigenvalue weighted by Crippen LogP contribution is 2.32. The van der Waals surface area contributed by atoms with Crippen molar-refractivity contribution >= 4 is 88.2 Å². The third-order valence-electron chi connectivity index (χ3n) is 7.89. The summed E-state index contributed by atoms with van der Waals surface area (Å²) in [6.45, 7) is 0. The van der Waals surface area contributed by atoms with E-state index < -0.39 is 65.2 Å². The molecule has 274 valence electrons. The molecule has 0 aromatic heterocycles. The first-order valence-electron chi connectivity index (χ1n) is 15.4. The summed E-state index contributed by atoms with van der Waals surface area (Å²) in [7, 11) is -9.13. The van der Waals surface area contributed by atoms with Crippen LogP contribution in [-0.2, 0) is 29.8 Å². The van der Waals surface area contributed by atoms with Crippen molar-refractivity contribution in [3.05, 3.63) is 120 Å². The molecule has 0 heterocycles. The lowest BCUT2D eigenvalue weighted by Crippen LogP contribution is -2.29. The maximum absolute atomic E-state index is 13.0. The Morgan fingerprint density at radius 1 is 0.444 bits per heavy atom. The number of carbonyl (C=O) groups is 4. The molecule has 16 nitrogen and oxygen atoms in total. The number of phenolic OH excluding ortho intramolecular Hbond substituents is 2. The molecule has 6 rings (SSSR count). The van der Waals surface area contributed by atoms with Crippen molar-refractivity contribution in [2.24, 2.45) is 0 Å². The van der Waals surface area contributed by atoms with Crippen molar-refractivity contribution < 1.29 is 55.3 Å². The molecule has 0 fully saturated rings. The Bertz CT molecular complexity index is 2600. The van der Waals surface area contributed by atoms with Crippen LogP contribution in [0, 0.1) is 0 Å². The molecule has 0 atom stereocenters. The van der Waals surface area contributed by atoms with Gasteiger partial charge in [-0.3, -0.25) is 28.3 Å². The number of nitrogens with one attached hydrogen (secondary N) is 4. The average molecular weight is 771 g/mol. The molecule has 0 aliphatic rings. The smallest absolute Gasteiger partial charge is 0.314 e. The number of benzene rings is 6. The van der Waals surface area contributed by atoms with Gasteiger partial charge in [-0.1, -0.05) is 24.3 Å². The van der Waals surface area contributed by atoms with Gasteiger partial charge in [-0.15, -0.1) is 0 Å². The maximum atomic E-state index is 13.0. The molecule has 8 N–H and O–H groups in total. The normalized spacial score (nSPS) is 11.5. The number of fused-ring (bicyclic) bond motifs is 2. The first-order valence-corrected chi connectivity index (χ1v) is 18.3. The van der Waals surface area contributed by atoms with E-state index in [1.165, 1.54) is 84.9 Å². The van der Waals surface area contributed by atoms with Crippen LogP contribution in [0.25, 0.3) is 21.5 Å². The first kappa shape index (κ1) is 36.9.